The van der Waals surface area contributed by atoms with Gasteiger partial charge in [0, 0.05) is 9.77 Å². The summed E-state index contributed by atoms with van der Waals surface area (Å²) in [6.07, 6.45) is 2.51. The Morgan fingerprint density at radius 3 is 2.78 bits per heavy atom. The lowest BCUT2D eigenvalue weighted by Gasteiger charge is -2.05. The summed E-state index contributed by atoms with van der Waals surface area (Å²) in [4.78, 5) is 6.61. The molecule has 3 rings (SSSR count). The molecule has 1 heterocycles. The molecule has 0 radical (unpaired) electrons. The third kappa shape index (κ3) is 4.10. The minimum atomic E-state index is 0.902. The summed E-state index contributed by atoms with van der Waals surface area (Å²) in [5, 5.41) is 5.90. The lowest BCUT2D eigenvalue weighted by atomic mass is 10.1. The number of thiophene rings is 1. The van der Waals surface area contributed by atoms with E-state index in [2.05, 4.69) is 71.8 Å². The topological polar surface area (TPSA) is 12.4 Å². The molecule has 0 bridgehead atoms. The Balaban J connectivity index is 1.90. The molecule has 3 aromatic rings. The van der Waals surface area contributed by atoms with Crippen molar-refractivity contribution < 1.29 is 0 Å². The first-order valence-electron chi connectivity index (χ1n) is 7.65. The first-order chi connectivity index (χ1) is 11.3. The van der Waals surface area contributed by atoms with Gasteiger partial charge in [0.15, 0.2) is 0 Å². The van der Waals surface area contributed by atoms with Crippen LogP contribution in [-0.4, -0.2) is 10.9 Å². The molecule has 0 aliphatic rings. The van der Waals surface area contributed by atoms with E-state index in [4.69, 9.17) is 0 Å². The van der Waals surface area contributed by atoms with Gasteiger partial charge >= 0.3 is 0 Å². The van der Waals surface area contributed by atoms with Crippen molar-refractivity contribution in [3.63, 3.8) is 0 Å². The molecule has 4 heteroatoms. The van der Waals surface area contributed by atoms with E-state index in [1.807, 2.05) is 17.8 Å². The number of aliphatic imine (C=N–C) groups is 1. The fourth-order valence-corrected chi connectivity index (χ4v) is 4.42. The van der Waals surface area contributed by atoms with Gasteiger partial charge in [-0.25, -0.2) is 0 Å². The number of nitrogens with zero attached hydrogens (tertiary/aromatic N) is 1. The van der Waals surface area contributed by atoms with Crippen LogP contribution < -0.4 is 0 Å². The molecule has 0 aliphatic heterocycles. The molecule has 23 heavy (non-hydrogen) atoms. The number of thiocarbonyl (C=S) groups is 1. The van der Waals surface area contributed by atoms with Crippen LogP contribution >= 0.6 is 35.3 Å². The number of benzene rings is 2. The SMILES string of the molecule is CCCCSc1ccc2ccc(-c3ccc(N=C=S)s3)cc2c1. The second kappa shape index (κ2) is 7.89. The number of hydrogen-bond acceptors (Lipinski definition) is 4. The maximum absolute atomic E-state index is 4.67. The minimum Gasteiger partial charge on any atom is -0.184 e. The van der Waals surface area contributed by atoms with Gasteiger partial charge in [0.2, 0.25) is 0 Å². The summed E-state index contributed by atoms with van der Waals surface area (Å²) in [5.41, 5.74) is 1.23. The molecule has 0 saturated heterocycles. The van der Waals surface area contributed by atoms with Gasteiger partial charge in [0.25, 0.3) is 0 Å². The van der Waals surface area contributed by atoms with Crippen molar-refractivity contribution in [2.24, 2.45) is 4.99 Å². The van der Waals surface area contributed by atoms with E-state index in [1.54, 1.807) is 11.3 Å². The lowest BCUT2D eigenvalue weighted by molar-refractivity contribution is 0.896. The van der Waals surface area contributed by atoms with Crippen molar-refractivity contribution in [2.75, 3.05) is 5.75 Å². The van der Waals surface area contributed by atoms with Gasteiger partial charge in [-0.3, -0.25) is 0 Å². The number of unbranched alkanes of at least 4 members (excludes halogenated alkanes) is 1. The van der Waals surface area contributed by atoms with E-state index in [-0.39, 0.29) is 0 Å². The summed E-state index contributed by atoms with van der Waals surface area (Å²) in [6, 6.07) is 17.4. The van der Waals surface area contributed by atoms with Crippen molar-refractivity contribution >= 4 is 56.3 Å². The lowest BCUT2D eigenvalue weighted by Crippen LogP contribution is -1.80. The predicted octanol–water partition coefficient (Wildman–Crippen LogP) is 7.19. The standard InChI is InChI=1S/C19H17NS3/c1-2-3-10-22-17-7-6-14-4-5-15(11-16(14)12-17)18-8-9-19(23-18)20-13-21/h4-9,11-12H,2-3,10H2,1H3. The molecular formula is C19H17NS3. The summed E-state index contributed by atoms with van der Waals surface area (Å²) in [7, 11) is 0. The second-order valence-electron chi connectivity index (χ2n) is 5.27. The van der Waals surface area contributed by atoms with Crippen molar-refractivity contribution in [3.8, 4) is 10.4 Å². The third-order valence-electron chi connectivity index (χ3n) is 3.61. The molecule has 0 atom stereocenters. The molecule has 2 aromatic carbocycles. The molecule has 0 saturated carbocycles. The maximum atomic E-state index is 4.67. The average molecular weight is 356 g/mol. The fourth-order valence-electron chi connectivity index (χ4n) is 2.39. The van der Waals surface area contributed by atoms with Crippen molar-refractivity contribution in [3.05, 3.63) is 48.5 Å². The van der Waals surface area contributed by atoms with Crippen LogP contribution in [0.15, 0.2) is 58.4 Å². The minimum absolute atomic E-state index is 0.902. The fraction of sp³-hybridized carbons (Fsp3) is 0.211. The van der Waals surface area contributed by atoms with E-state index in [0.29, 0.717) is 0 Å². The number of rotatable bonds is 6. The molecule has 0 aliphatic carbocycles. The second-order valence-corrected chi connectivity index (χ2v) is 7.68. The van der Waals surface area contributed by atoms with Gasteiger partial charge in [-0.2, -0.15) is 4.99 Å². The molecule has 1 nitrogen and oxygen atoms in total. The third-order valence-corrected chi connectivity index (χ3v) is 5.81. The van der Waals surface area contributed by atoms with Crippen LogP contribution in [0, 0.1) is 0 Å². The van der Waals surface area contributed by atoms with Crippen LogP contribution in [0.1, 0.15) is 19.8 Å². The summed E-state index contributed by atoms with van der Waals surface area (Å²) in [6.45, 7) is 2.23. The van der Waals surface area contributed by atoms with E-state index in [1.165, 1.54) is 44.7 Å². The van der Waals surface area contributed by atoms with Crippen LogP contribution in [0.25, 0.3) is 21.2 Å². The molecule has 0 unspecified atom stereocenters. The van der Waals surface area contributed by atoms with Crippen LogP contribution in [0.4, 0.5) is 5.00 Å². The largest absolute Gasteiger partial charge is 0.184 e. The molecule has 0 amide bonds. The Labute approximate surface area is 150 Å². The monoisotopic (exact) mass is 355 g/mol. The van der Waals surface area contributed by atoms with Gasteiger partial charge in [0.05, 0.1) is 5.16 Å². The number of fused-ring (bicyclic) bond motifs is 1. The molecule has 1 aromatic heterocycles. The first-order valence-corrected chi connectivity index (χ1v) is 9.86. The Bertz CT molecular complexity index is 860. The van der Waals surface area contributed by atoms with Crippen LogP contribution in [0.2, 0.25) is 0 Å². The van der Waals surface area contributed by atoms with Crippen LogP contribution in [-0.2, 0) is 0 Å². The zero-order valence-electron chi connectivity index (χ0n) is 12.9. The van der Waals surface area contributed by atoms with Crippen molar-refractivity contribution in [2.45, 2.75) is 24.7 Å². The first kappa shape index (κ1) is 16.4. The van der Waals surface area contributed by atoms with Crippen LogP contribution in [0.5, 0.6) is 0 Å². The highest BCUT2D eigenvalue weighted by Gasteiger charge is 2.04. The smallest absolute Gasteiger partial charge is 0.127 e. The predicted molar refractivity (Wildman–Crippen MR) is 108 cm³/mol. The molecule has 0 fully saturated rings. The molecule has 0 spiro atoms. The Morgan fingerprint density at radius 2 is 1.96 bits per heavy atom. The highest BCUT2D eigenvalue weighted by molar-refractivity contribution is 7.99. The Kier molecular flexibility index (Phi) is 5.63. The highest BCUT2D eigenvalue weighted by atomic mass is 32.2. The van der Waals surface area contributed by atoms with Gasteiger partial charge in [0.1, 0.15) is 5.00 Å². The van der Waals surface area contributed by atoms with E-state index in [0.717, 1.165) is 5.00 Å². The molecule has 116 valence electrons. The van der Waals surface area contributed by atoms with E-state index >= 15 is 0 Å². The Morgan fingerprint density at radius 1 is 1.09 bits per heavy atom. The van der Waals surface area contributed by atoms with E-state index in [9.17, 15) is 0 Å². The van der Waals surface area contributed by atoms with Gasteiger partial charge in [-0.05, 0) is 71.1 Å². The van der Waals surface area contributed by atoms with Gasteiger partial charge < -0.3 is 0 Å². The number of isothiocyanates is 1. The summed E-state index contributed by atoms with van der Waals surface area (Å²) < 4.78 is 0. The Hall–Kier alpha value is -1.45. The zero-order valence-corrected chi connectivity index (χ0v) is 15.4. The van der Waals surface area contributed by atoms with E-state index < -0.39 is 0 Å². The summed E-state index contributed by atoms with van der Waals surface area (Å²) >= 11 is 8.25. The van der Waals surface area contributed by atoms with Crippen molar-refractivity contribution in [1.82, 2.24) is 0 Å². The average Bonchev–Trinajstić information content (AvgIpc) is 3.03. The molecular weight excluding hydrogens is 338 g/mol. The maximum Gasteiger partial charge on any atom is 0.127 e. The van der Waals surface area contributed by atoms with Gasteiger partial charge in [-0.1, -0.05) is 31.5 Å². The highest BCUT2D eigenvalue weighted by Crippen LogP contribution is 2.35. The van der Waals surface area contributed by atoms with Crippen LogP contribution in [0.3, 0.4) is 0 Å². The zero-order chi connectivity index (χ0) is 16.1. The number of thioether (sulfide) groups is 1. The molecule has 0 N–H and O–H groups in total. The quantitative estimate of drug-likeness (QED) is 0.201. The van der Waals surface area contributed by atoms with Crippen molar-refractivity contribution in [1.29, 1.82) is 0 Å². The number of hydrogen-bond donors (Lipinski definition) is 0. The van der Waals surface area contributed by atoms with Gasteiger partial charge in [-0.15, -0.1) is 23.1 Å². The normalized spacial score (nSPS) is 10.7. The summed E-state index contributed by atoms with van der Waals surface area (Å²) in [5.74, 6) is 1.19.